The molecule has 0 bridgehead atoms. The Balaban J connectivity index is 1.72. The normalized spacial score (nSPS) is 14.5. The van der Waals surface area contributed by atoms with Gasteiger partial charge in [-0.3, -0.25) is 9.59 Å². The highest BCUT2D eigenvalue weighted by Gasteiger charge is 2.30. The second-order valence-corrected chi connectivity index (χ2v) is 7.62. The van der Waals surface area contributed by atoms with Gasteiger partial charge in [0.15, 0.2) is 0 Å². The standard InChI is InChI=1S/C26H19FN2O2/c1-16-20(15-21-19-7-3-4-8-22(19)28(2)26(21)31)23-9-5-6-14-29(23)24(16)25(30)17-10-12-18(27)13-11-17/h3-15H,1-2H3/b21-15-. The van der Waals surface area contributed by atoms with E-state index >= 15 is 0 Å². The number of hydrogen-bond acceptors (Lipinski definition) is 2. The van der Waals surface area contributed by atoms with Crippen molar-refractivity contribution in [3.8, 4) is 0 Å². The van der Waals surface area contributed by atoms with Crippen LogP contribution >= 0.6 is 0 Å². The lowest BCUT2D eigenvalue weighted by atomic mass is 10.00. The molecule has 31 heavy (non-hydrogen) atoms. The predicted molar refractivity (Wildman–Crippen MR) is 120 cm³/mol. The number of carbonyl (C=O) groups excluding carboxylic acids is 2. The smallest absolute Gasteiger partial charge is 0.258 e. The summed E-state index contributed by atoms with van der Waals surface area (Å²) >= 11 is 0. The number of benzene rings is 2. The van der Waals surface area contributed by atoms with E-state index in [0.29, 0.717) is 16.8 Å². The molecule has 5 heteroatoms. The Hall–Kier alpha value is -3.99. The fraction of sp³-hybridized carbons (Fsp3) is 0.0769. The molecule has 0 radical (unpaired) electrons. The van der Waals surface area contributed by atoms with Crippen LogP contribution in [0.15, 0.2) is 72.9 Å². The number of fused-ring (bicyclic) bond motifs is 2. The van der Waals surface area contributed by atoms with Gasteiger partial charge in [0.05, 0.1) is 16.9 Å². The van der Waals surface area contributed by atoms with E-state index in [1.54, 1.807) is 11.9 Å². The Morgan fingerprint density at radius 2 is 1.68 bits per heavy atom. The number of rotatable bonds is 3. The molecule has 1 aliphatic heterocycles. The third kappa shape index (κ3) is 2.89. The van der Waals surface area contributed by atoms with Gasteiger partial charge in [-0.2, -0.15) is 0 Å². The van der Waals surface area contributed by atoms with E-state index < -0.39 is 0 Å². The van der Waals surface area contributed by atoms with E-state index in [1.807, 2.05) is 66.1 Å². The van der Waals surface area contributed by atoms with Gasteiger partial charge >= 0.3 is 0 Å². The van der Waals surface area contributed by atoms with Crippen LogP contribution in [0.5, 0.6) is 0 Å². The number of hydrogen-bond donors (Lipinski definition) is 0. The van der Waals surface area contributed by atoms with Gasteiger partial charge in [0.25, 0.3) is 5.91 Å². The van der Waals surface area contributed by atoms with E-state index in [9.17, 15) is 14.0 Å². The molecule has 152 valence electrons. The molecule has 0 unspecified atom stereocenters. The lowest BCUT2D eigenvalue weighted by Gasteiger charge is -2.07. The third-order valence-corrected chi connectivity index (χ3v) is 5.84. The number of nitrogens with zero attached hydrogens (tertiary/aromatic N) is 2. The van der Waals surface area contributed by atoms with Crippen molar-refractivity contribution in [1.82, 2.24) is 4.40 Å². The molecule has 0 spiro atoms. The maximum Gasteiger partial charge on any atom is 0.258 e. The molecular formula is C26H19FN2O2. The number of ketones is 1. The van der Waals surface area contributed by atoms with Crippen LogP contribution in [0.25, 0.3) is 17.2 Å². The topological polar surface area (TPSA) is 41.8 Å². The van der Waals surface area contributed by atoms with Crippen LogP contribution in [0.4, 0.5) is 10.1 Å². The van der Waals surface area contributed by atoms with Crippen molar-refractivity contribution in [3.63, 3.8) is 0 Å². The first-order valence-electron chi connectivity index (χ1n) is 9.96. The maximum absolute atomic E-state index is 13.3. The lowest BCUT2D eigenvalue weighted by molar-refractivity contribution is -0.112. The van der Waals surface area contributed by atoms with Crippen LogP contribution in [0.3, 0.4) is 0 Å². The van der Waals surface area contributed by atoms with Crippen molar-refractivity contribution in [1.29, 1.82) is 0 Å². The van der Waals surface area contributed by atoms with Gasteiger partial charge in [-0.1, -0.05) is 24.3 Å². The molecule has 1 amide bonds. The van der Waals surface area contributed by atoms with Crippen LogP contribution in [0.2, 0.25) is 0 Å². The van der Waals surface area contributed by atoms with Gasteiger partial charge in [0, 0.05) is 35.5 Å². The molecule has 0 saturated heterocycles. The Kier molecular flexibility index (Phi) is 4.33. The number of aromatic nitrogens is 1. The average molecular weight is 410 g/mol. The first-order chi connectivity index (χ1) is 15.0. The molecule has 4 nitrogen and oxygen atoms in total. The Morgan fingerprint density at radius 3 is 2.45 bits per heavy atom. The highest BCUT2D eigenvalue weighted by Crippen LogP contribution is 2.38. The summed E-state index contributed by atoms with van der Waals surface area (Å²) < 4.78 is 15.2. The summed E-state index contributed by atoms with van der Waals surface area (Å²) in [6.45, 7) is 1.88. The summed E-state index contributed by atoms with van der Waals surface area (Å²) in [5.41, 5.74) is 5.66. The minimum atomic E-state index is -0.388. The maximum atomic E-state index is 13.3. The van der Waals surface area contributed by atoms with Crippen molar-refractivity contribution in [2.75, 3.05) is 11.9 Å². The summed E-state index contributed by atoms with van der Waals surface area (Å²) in [6.07, 6.45) is 3.70. The number of halogens is 1. The van der Waals surface area contributed by atoms with Crippen molar-refractivity contribution >= 4 is 34.5 Å². The third-order valence-electron chi connectivity index (χ3n) is 5.84. The van der Waals surface area contributed by atoms with Gasteiger partial charge in [-0.05, 0) is 61.0 Å². The molecule has 1 aliphatic rings. The van der Waals surface area contributed by atoms with Crippen LogP contribution in [-0.4, -0.2) is 23.1 Å². The van der Waals surface area contributed by atoms with Crippen molar-refractivity contribution in [3.05, 3.63) is 107 Å². The van der Waals surface area contributed by atoms with E-state index in [4.69, 9.17) is 0 Å². The molecule has 0 aliphatic carbocycles. The summed E-state index contributed by atoms with van der Waals surface area (Å²) in [5, 5.41) is 0. The summed E-state index contributed by atoms with van der Waals surface area (Å²) in [4.78, 5) is 27.9. The van der Waals surface area contributed by atoms with E-state index in [2.05, 4.69) is 0 Å². The predicted octanol–water partition coefficient (Wildman–Crippen LogP) is 5.13. The Bertz CT molecular complexity index is 1400. The fourth-order valence-corrected chi connectivity index (χ4v) is 4.24. The van der Waals surface area contributed by atoms with Gasteiger partial charge in [-0.25, -0.2) is 4.39 Å². The first-order valence-corrected chi connectivity index (χ1v) is 9.96. The molecule has 2 aromatic heterocycles. The lowest BCUT2D eigenvalue weighted by Crippen LogP contribution is -2.20. The molecule has 0 fully saturated rings. The largest absolute Gasteiger partial charge is 0.313 e. The minimum Gasteiger partial charge on any atom is -0.313 e. The molecule has 0 saturated carbocycles. The Morgan fingerprint density at radius 1 is 0.968 bits per heavy atom. The van der Waals surface area contributed by atoms with Crippen molar-refractivity contribution < 1.29 is 14.0 Å². The van der Waals surface area contributed by atoms with E-state index in [1.165, 1.54) is 24.3 Å². The molecule has 5 rings (SSSR count). The second-order valence-electron chi connectivity index (χ2n) is 7.62. The van der Waals surface area contributed by atoms with Crippen molar-refractivity contribution in [2.24, 2.45) is 0 Å². The van der Waals surface area contributed by atoms with Crippen molar-refractivity contribution in [2.45, 2.75) is 6.92 Å². The monoisotopic (exact) mass is 410 g/mol. The van der Waals surface area contributed by atoms with Crippen LogP contribution in [-0.2, 0) is 4.79 Å². The summed E-state index contributed by atoms with van der Waals surface area (Å²) in [7, 11) is 1.76. The summed E-state index contributed by atoms with van der Waals surface area (Å²) in [5.74, 6) is -0.665. The summed E-state index contributed by atoms with van der Waals surface area (Å²) in [6, 6.07) is 18.9. The Labute approximate surface area is 178 Å². The van der Waals surface area contributed by atoms with Gasteiger partial charge in [0.2, 0.25) is 5.78 Å². The highest BCUT2D eigenvalue weighted by molar-refractivity contribution is 6.36. The fourth-order valence-electron chi connectivity index (χ4n) is 4.24. The van der Waals surface area contributed by atoms with Gasteiger partial charge in [0.1, 0.15) is 5.82 Å². The number of likely N-dealkylation sites (N-methyl/N-ethyl adjacent to an activating group) is 1. The molecule has 4 aromatic rings. The highest BCUT2D eigenvalue weighted by atomic mass is 19.1. The molecule has 3 heterocycles. The number of pyridine rings is 1. The van der Waals surface area contributed by atoms with Gasteiger partial charge in [-0.15, -0.1) is 0 Å². The second kappa shape index (κ2) is 7.06. The number of carbonyl (C=O) groups is 2. The number of para-hydroxylation sites is 1. The zero-order chi connectivity index (χ0) is 21.7. The van der Waals surface area contributed by atoms with Crippen LogP contribution < -0.4 is 4.90 Å². The number of anilines is 1. The number of amides is 1. The zero-order valence-electron chi connectivity index (χ0n) is 17.1. The molecule has 2 aromatic carbocycles. The first kappa shape index (κ1) is 19.0. The zero-order valence-corrected chi connectivity index (χ0v) is 17.1. The van der Waals surface area contributed by atoms with Gasteiger partial charge < -0.3 is 9.30 Å². The molecule has 0 atom stereocenters. The average Bonchev–Trinajstić information content (AvgIpc) is 3.20. The molecule has 0 N–H and O–H groups in total. The van der Waals surface area contributed by atoms with E-state index in [-0.39, 0.29) is 17.5 Å². The van der Waals surface area contributed by atoms with Crippen LogP contribution in [0.1, 0.15) is 32.7 Å². The van der Waals surface area contributed by atoms with E-state index in [0.717, 1.165) is 27.9 Å². The quantitative estimate of drug-likeness (QED) is 0.347. The van der Waals surface area contributed by atoms with Crippen LogP contribution in [0, 0.1) is 12.7 Å². The minimum absolute atomic E-state index is 0.0812. The SMILES string of the molecule is Cc1c(/C=C2\C(=O)N(C)c3ccccc32)c2ccccn2c1C(=O)c1ccc(F)cc1. The molecular weight excluding hydrogens is 391 g/mol.